The average molecular weight is 330 g/mol. The first-order valence-corrected chi connectivity index (χ1v) is 8.42. The summed E-state index contributed by atoms with van der Waals surface area (Å²) in [7, 11) is 0. The molecular formula is C16H24ClNO2S. The first kappa shape index (κ1) is 18.3. The van der Waals surface area contributed by atoms with Gasteiger partial charge in [-0.3, -0.25) is 4.79 Å². The van der Waals surface area contributed by atoms with Crippen LogP contribution in [0.25, 0.3) is 0 Å². The number of thioether (sulfide) groups is 1. The molecule has 21 heavy (non-hydrogen) atoms. The molecule has 1 atom stereocenters. The minimum Gasteiger partial charge on any atom is -0.396 e. The van der Waals surface area contributed by atoms with Crippen molar-refractivity contribution < 1.29 is 9.90 Å². The second kappa shape index (κ2) is 8.66. The van der Waals surface area contributed by atoms with E-state index in [0.29, 0.717) is 17.3 Å². The Morgan fingerprint density at radius 2 is 1.95 bits per heavy atom. The Bertz CT molecular complexity index is 443. The Morgan fingerprint density at radius 3 is 2.48 bits per heavy atom. The molecule has 1 amide bonds. The maximum Gasteiger partial charge on any atom is 0.230 e. The van der Waals surface area contributed by atoms with Crippen LogP contribution in [-0.2, 0) is 11.2 Å². The smallest absolute Gasteiger partial charge is 0.230 e. The van der Waals surface area contributed by atoms with E-state index in [1.807, 2.05) is 24.3 Å². The van der Waals surface area contributed by atoms with E-state index in [0.717, 1.165) is 12.0 Å². The number of carbonyl (C=O) groups is 1. The average Bonchev–Trinajstić information content (AvgIpc) is 2.42. The molecule has 1 unspecified atom stereocenters. The van der Waals surface area contributed by atoms with Crippen molar-refractivity contribution in [3.05, 3.63) is 34.9 Å². The Balaban J connectivity index is 2.37. The van der Waals surface area contributed by atoms with Crippen LogP contribution in [0.4, 0.5) is 0 Å². The van der Waals surface area contributed by atoms with Crippen molar-refractivity contribution in [1.29, 1.82) is 0 Å². The number of amides is 1. The number of hydrogen-bond donors (Lipinski definition) is 2. The zero-order chi connectivity index (χ0) is 15.9. The summed E-state index contributed by atoms with van der Waals surface area (Å²) in [6.07, 6.45) is 0.723. The highest BCUT2D eigenvalue weighted by atomic mass is 35.5. The Labute approximate surface area is 136 Å². The number of rotatable bonds is 7. The van der Waals surface area contributed by atoms with E-state index in [1.54, 1.807) is 11.8 Å². The van der Waals surface area contributed by atoms with Gasteiger partial charge in [0.05, 0.1) is 5.75 Å². The first-order valence-electron chi connectivity index (χ1n) is 7.06. The van der Waals surface area contributed by atoms with Crippen molar-refractivity contribution in [2.45, 2.75) is 31.9 Å². The summed E-state index contributed by atoms with van der Waals surface area (Å²) in [5.74, 6) is 0.488. The Morgan fingerprint density at radius 1 is 1.33 bits per heavy atom. The second-order valence-electron chi connectivity index (χ2n) is 6.08. The van der Waals surface area contributed by atoms with Crippen LogP contribution in [0.2, 0.25) is 5.02 Å². The largest absolute Gasteiger partial charge is 0.396 e. The third kappa shape index (κ3) is 8.34. The van der Waals surface area contributed by atoms with Gasteiger partial charge in [0.15, 0.2) is 0 Å². The van der Waals surface area contributed by atoms with Crippen molar-refractivity contribution in [3.8, 4) is 0 Å². The number of hydrogen-bond acceptors (Lipinski definition) is 3. The van der Waals surface area contributed by atoms with Crippen LogP contribution in [0.15, 0.2) is 24.3 Å². The predicted molar refractivity (Wildman–Crippen MR) is 91.0 cm³/mol. The summed E-state index contributed by atoms with van der Waals surface area (Å²) < 4.78 is 0.0804. The maximum absolute atomic E-state index is 11.8. The fourth-order valence-corrected chi connectivity index (χ4v) is 2.54. The van der Waals surface area contributed by atoms with Gasteiger partial charge in [-0.05, 0) is 24.1 Å². The van der Waals surface area contributed by atoms with E-state index >= 15 is 0 Å². The van der Waals surface area contributed by atoms with Crippen molar-refractivity contribution >= 4 is 29.3 Å². The lowest BCUT2D eigenvalue weighted by Crippen LogP contribution is -2.33. The molecule has 2 N–H and O–H groups in total. The van der Waals surface area contributed by atoms with Crippen LogP contribution in [-0.4, -0.2) is 34.7 Å². The van der Waals surface area contributed by atoms with Crippen molar-refractivity contribution in [2.24, 2.45) is 5.92 Å². The van der Waals surface area contributed by atoms with Crippen LogP contribution in [0, 0.1) is 5.92 Å². The molecule has 118 valence electrons. The highest BCUT2D eigenvalue weighted by Crippen LogP contribution is 2.22. The normalized spacial score (nSPS) is 13.0. The summed E-state index contributed by atoms with van der Waals surface area (Å²) in [5.41, 5.74) is 1.11. The molecule has 0 radical (unpaired) electrons. The van der Waals surface area contributed by atoms with Crippen molar-refractivity contribution in [3.63, 3.8) is 0 Å². The number of carbonyl (C=O) groups excluding carboxylic acids is 1. The summed E-state index contributed by atoms with van der Waals surface area (Å²) in [4.78, 5) is 11.8. The molecule has 0 bridgehead atoms. The van der Waals surface area contributed by atoms with Gasteiger partial charge in [0.25, 0.3) is 0 Å². The van der Waals surface area contributed by atoms with Gasteiger partial charge in [0, 0.05) is 28.8 Å². The Hall–Kier alpha value is -0.710. The lowest BCUT2D eigenvalue weighted by Gasteiger charge is -2.18. The third-order valence-electron chi connectivity index (χ3n) is 2.92. The summed E-state index contributed by atoms with van der Waals surface area (Å²) >= 11 is 7.46. The fraction of sp³-hybridized carbons (Fsp3) is 0.562. The van der Waals surface area contributed by atoms with Gasteiger partial charge in [-0.15, -0.1) is 11.8 Å². The van der Waals surface area contributed by atoms with Gasteiger partial charge < -0.3 is 10.4 Å². The number of halogens is 1. The quantitative estimate of drug-likeness (QED) is 0.808. The number of benzene rings is 1. The number of aliphatic hydroxyl groups is 1. The van der Waals surface area contributed by atoms with E-state index in [-0.39, 0.29) is 23.2 Å². The SMILES string of the molecule is CC(C)(C)SCC(=O)NCC(CO)Cc1ccc(Cl)cc1. The van der Waals surface area contributed by atoms with Crippen LogP contribution >= 0.6 is 23.4 Å². The highest BCUT2D eigenvalue weighted by molar-refractivity contribution is 8.01. The van der Waals surface area contributed by atoms with Gasteiger partial charge in [0.1, 0.15) is 0 Å². The molecule has 0 aromatic heterocycles. The van der Waals surface area contributed by atoms with Gasteiger partial charge in [-0.2, -0.15) is 0 Å². The molecule has 5 heteroatoms. The van der Waals surface area contributed by atoms with Crippen molar-refractivity contribution in [2.75, 3.05) is 18.9 Å². The lowest BCUT2D eigenvalue weighted by molar-refractivity contribution is -0.118. The molecule has 0 heterocycles. The zero-order valence-corrected chi connectivity index (χ0v) is 14.4. The monoisotopic (exact) mass is 329 g/mol. The van der Waals surface area contributed by atoms with E-state index in [1.165, 1.54) is 0 Å². The van der Waals surface area contributed by atoms with E-state index in [9.17, 15) is 9.90 Å². The molecule has 0 aliphatic heterocycles. The van der Waals surface area contributed by atoms with E-state index in [4.69, 9.17) is 11.6 Å². The molecule has 0 aliphatic carbocycles. The minimum atomic E-state index is 0.0180. The topological polar surface area (TPSA) is 49.3 Å². The maximum atomic E-state index is 11.8. The van der Waals surface area contributed by atoms with Gasteiger partial charge in [-0.25, -0.2) is 0 Å². The van der Waals surface area contributed by atoms with Crippen LogP contribution in [0.5, 0.6) is 0 Å². The number of nitrogens with one attached hydrogen (secondary N) is 1. The van der Waals surface area contributed by atoms with E-state index in [2.05, 4.69) is 26.1 Å². The van der Waals surface area contributed by atoms with Gasteiger partial charge in [0.2, 0.25) is 5.91 Å². The fourth-order valence-electron chi connectivity index (χ4n) is 1.75. The van der Waals surface area contributed by atoms with Crippen LogP contribution in [0.1, 0.15) is 26.3 Å². The molecule has 0 aliphatic rings. The standard InChI is InChI=1S/C16H24ClNO2S/c1-16(2,3)21-11-15(20)18-9-13(10-19)8-12-4-6-14(17)7-5-12/h4-7,13,19H,8-11H2,1-3H3,(H,18,20). The third-order valence-corrected chi connectivity index (χ3v) is 4.44. The van der Waals surface area contributed by atoms with Crippen LogP contribution in [0.3, 0.4) is 0 Å². The lowest BCUT2D eigenvalue weighted by atomic mass is 10.00. The van der Waals surface area contributed by atoms with Crippen molar-refractivity contribution in [1.82, 2.24) is 5.32 Å². The second-order valence-corrected chi connectivity index (χ2v) is 8.32. The molecule has 0 spiro atoms. The molecule has 0 saturated carbocycles. The molecule has 3 nitrogen and oxygen atoms in total. The molecular weight excluding hydrogens is 306 g/mol. The van der Waals surface area contributed by atoms with Gasteiger partial charge >= 0.3 is 0 Å². The Kier molecular flexibility index (Phi) is 7.57. The summed E-state index contributed by atoms with van der Waals surface area (Å²) in [5, 5.41) is 13.0. The predicted octanol–water partition coefficient (Wildman–Crippen LogP) is 3.14. The molecule has 1 rings (SSSR count). The van der Waals surface area contributed by atoms with E-state index < -0.39 is 0 Å². The molecule has 1 aromatic carbocycles. The number of aliphatic hydroxyl groups excluding tert-OH is 1. The summed E-state index contributed by atoms with van der Waals surface area (Å²) in [6, 6.07) is 7.57. The zero-order valence-electron chi connectivity index (χ0n) is 12.9. The van der Waals surface area contributed by atoms with Gasteiger partial charge in [-0.1, -0.05) is 44.5 Å². The van der Waals surface area contributed by atoms with Crippen LogP contribution < -0.4 is 5.32 Å². The minimum absolute atomic E-state index is 0.0180. The molecule has 1 aromatic rings. The summed E-state index contributed by atoms with van der Waals surface area (Å²) in [6.45, 7) is 6.80. The molecule has 0 fully saturated rings. The molecule has 0 saturated heterocycles. The highest BCUT2D eigenvalue weighted by Gasteiger charge is 2.15. The first-order chi connectivity index (χ1) is 9.80.